The van der Waals surface area contributed by atoms with Crippen molar-refractivity contribution in [2.24, 2.45) is 0 Å². The summed E-state index contributed by atoms with van der Waals surface area (Å²) in [6.45, 7) is 2.29. The number of rotatable bonds is 6. The number of anilines is 1. The zero-order valence-corrected chi connectivity index (χ0v) is 17.5. The number of pyridine rings is 1. The topological polar surface area (TPSA) is 69.7 Å². The molecule has 150 valence electrons. The SMILES string of the molecule is CCc1cc2cc3c(cc2nc1SCC(=O)Nc1cc(Cl)ccc1OC)OCO3. The van der Waals surface area contributed by atoms with Crippen LogP contribution in [0.2, 0.25) is 5.02 Å². The Kier molecular flexibility index (Phi) is 5.69. The number of aryl methyl sites for hydroxylation is 1. The van der Waals surface area contributed by atoms with Crippen molar-refractivity contribution in [1.29, 1.82) is 0 Å². The van der Waals surface area contributed by atoms with Gasteiger partial charge in [0.05, 0.1) is 24.1 Å². The molecular formula is C21H19ClN2O4S. The summed E-state index contributed by atoms with van der Waals surface area (Å²) in [4.78, 5) is 17.2. The van der Waals surface area contributed by atoms with Gasteiger partial charge >= 0.3 is 0 Å². The van der Waals surface area contributed by atoms with E-state index in [-0.39, 0.29) is 18.5 Å². The van der Waals surface area contributed by atoms with E-state index in [9.17, 15) is 4.79 Å². The van der Waals surface area contributed by atoms with Gasteiger partial charge in [-0.25, -0.2) is 4.98 Å². The molecule has 1 aliphatic rings. The summed E-state index contributed by atoms with van der Waals surface area (Å²) in [5, 5.41) is 5.19. The van der Waals surface area contributed by atoms with Gasteiger partial charge in [0.25, 0.3) is 0 Å². The van der Waals surface area contributed by atoms with Crippen LogP contribution in [0.25, 0.3) is 10.9 Å². The van der Waals surface area contributed by atoms with Crippen LogP contribution in [-0.4, -0.2) is 30.5 Å². The van der Waals surface area contributed by atoms with E-state index < -0.39 is 0 Å². The Balaban J connectivity index is 1.52. The number of fused-ring (bicyclic) bond motifs is 2. The van der Waals surface area contributed by atoms with Gasteiger partial charge < -0.3 is 19.5 Å². The lowest BCUT2D eigenvalue weighted by molar-refractivity contribution is -0.113. The minimum absolute atomic E-state index is 0.162. The number of amides is 1. The first kappa shape index (κ1) is 19.7. The maximum Gasteiger partial charge on any atom is 0.234 e. The minimum Gasteiger partial charge on any atom is -0.495 e. The molecule has 0 saturated heterocycles. The van der Waals surface area contributed by atoms with Crippen LogP contribution in [-0.2, 0) is 11.2 Å². The largest absolute Gasteiger partial charge is 0.495 e. The number of halogens is 1. The average molecular weight is 431 g/mol. The molecule has 0 saturated carbocycles. The normalized spacial score (nSPS) is 12.2. The molecule has 0 unspecified atom stereocenters. The Labute approximate surface area is 177 Å². The highest BCUT2D eigenvalue weighted by Gasteiger charge is 2.17. The third-order valence-corrected chi connectivity index (χ3v) is 5.77. The van der Waals surface area contributed by atoms with Crippen molar-refractivity contribution in [1.82, 2.24) is 4.98 Å². The number of ether oxygens (including phenoxy) is 3. The van der Waals surface area contributed by atoms with Crippen LogP contribution < -0.4 is 19.5 Å². The highest BCUT2D eigenvalue weighted by molar-refractivity contribution is 8.00. The fourth-order valence-electron chi connectivity index (χ4n) is 3.07. The number of thioether (sulfide) groups is 1. The molecule has 1 aliphatic heterocycles. The van der Waals surface area contributed by atoms with Gasteiger partial charge in [0.15, 0.2) is 11.5 Å². The van der Waals surface area contributed by atoms with Gasteiger partial charge in [-0.3, -0.25) is 4.79 Å². The predicted molar refractivity (Wildman–Crippen MR) is 115 cm³/mol. The number of benzene rings is 2. The Morgan fingerprint density at radius 1 is 1.24 bits per heavy atom. The summed E-state index contributed by atoms with van der Waals surface area (Å²) in [5.74, 6) is 2.03. The van der Waals surface area contributed by atoms with Crippen LogP contribution in [0.1, 0.15) is 12.5 Å². The van der Waals surface area contributed by atoms with Gasteiger partial charge in [0, 0.05) is 16.5 Å². The van der Waals surface area contributed by atoms with E-state index in [1.165, 1.54) is 11.8 Å². The summed E-state index contributed by atoms with van der Waals surface area (Å²) < 4.78 is 16.2. The number of nitrogens with zero attached hydrogens (tertiary/aromatic N) is 1. The Morgan fingerprint density at radius 2 is 2.03 bits per heavy atom. The Bertz CT molecular complexity index is 1090. The smallest absolute Gasteiger partial charge is 0.234 e. The molecule has 2 aromatic carbocycles. The van der Waals surface area contributed by atoms with Gasteiger partial charge in [0.2, 0.25) is 12.7 Å². The van der Waals surface area contributed by atoms with Crippen LogP contribution in [0.3, 0.4) is 0 Å². The van der Waals surface area contributed by atoms with Gasteiger partial charge in [-0.15, -0.1) is 0 Å². The molecule has 8 heteroatoms. The number of carbonyl (C=O) groups excluding carboxylic acids is 1. The summed E-state index contributed by atoms with van der Waals surface area (Å²) in [6, 6.07) is 11.0. The lowest BCUT2D eigenvalue weighted by Gasteiger charge is -2.12. The van der Waals surface area contributed by atoms with Crippen molar-refractivity contribution in [3.8, 4) is 17.2 Å². The zero-order valence-electron chi connectivity index (χ0n) is 16.0. The molecule has 0 atom stereocenters. The van der Waals surface area contributed by atoms with Crippen LogP contribution in [0.15, 0.2) is 41.4 Å². The minimum atomic E-state index is -0.162. The van der Waals surface area contributed by atoms with Crippen LogP contribution in [0.4, 0.5) is 5.69 Å². The molecule has 1 amide bonds. The zero-order chi connectivity index (χ0) is 20.4. The van der Waals surface area contributed by atoms with Gasteiger partial charge in [0.1, 0.15) is 10.8 Å². The fraction of sp³-hybridized carbons (Fsp3) is 0.238. The molecule has 1 aromatic heterocycles. The van der Waals surface area contributed by atoms with Gasteiger partial charge in [-0.05, 0) is 42.3 Å². The average Bonchev–Trinajstić information content (AvgIpc) is 3.17. The highest BCUT2D eigenvalue weighted by Crippen LogP contribution is 2.37. The van der Waals surface area contributed by atoms with E-state index >= 15 is 0 Å². The molecule has 0 aliphatic carbocycles. The first-order valence-corrected chi connectivity index (χ1v) is 10.4. The number of nitrogens with one attached hydrogen (secondary N) is 1. The summed E-state index contributed by atoms with van der Waals surface area (Å²) in [7, 11) is 1.55. The van der Waals surface area contributed by atoms with E-state index in [2.05, 4.69) is 18.3 Å². The molecule has 0 bridgehead atoms. The number of hydrogen-bond acceptors (Lipinski definition) is 6. The maximum absolute atomic E-state index is 12.5. The fourth-order valence-corrected chi connectivity index (χ4v) is 4.13. The number of aromatic nitrogens is 1. The predicted octanol–water partition coefficient (Wildman–Crippen LogP) is 4.92. The first-order chi connectivity index (χ1) is 14.1. The lowest BCUT2D eigenvalue weighted by Crippen LogP contribution is -2.15. The molecule has 0 radical (unpaired) electrons. The van der Waals surface area contributed by atoms with Crippen molar-refractivity contribution >= 4 is 45.9 Å². The molecule has 29 heavy (non-hydrogen) atoms. The Morgan fingerprint density at radius 3 is 2.79 bits per heavy atom. The Hall–Kier alpha value is -2.64. The van der Waals surface area contributed by atoms with E-state index in [0.29, 0.717) is 22.2 Å². The van der Waals surface area contributed by atoms with Crippen LogP contribution >= 0.6 is 23.4 Å². The third kappa shape index (κ3) is 4.21. The van der Waals surface area contributed by atoms with Crippen molar-refractivity contribution in [2.75, 3.05) is 25.0 Å². The van der Waals surface area contributed by atoms with Gasteiger partial charge in [-0.1, -0.05) is 30.3 Å². The molecule has 4 rings (SSSR count). The molecule has 6 nitrogen and oxygen atoms in total. The van der Waals surface area contributed by atoms with Crippen molar-refractivity contribution < 1.29 is 19.0 Å². The molecule has 2 heterocycles. The summed E-state index contributed by atoms with van der Waals surface area (Å²) in [5.41, 5.74) is 2.43. The standard InChI is InChI=1S/C21H19ClN2O4S/c1-3-12-6-13-7-18-19(28-11-27-18)9-15(13)24-21(12)29-10-20(25)23-16-8-14(22)4-5-17(16)26-2/h4-9H,3,10-11H2,1-2H3,(H,23,25). The quantitative estimate of drug-likeness (QED) is 0.560. The second-order valence-corrected chi connectivity index (χ2v) is 7.79. The molecule has 0 spiro atoms. The molecule has 0 fully saturated rings. The van der Waals surface area contributed by atoms with Crippen LogP contribution in [0.5, 0.6) is 17.2 Å². The van der Waals surface area contributed by atoms with E-state index in [1.54, 1.807) is 25.3 Å². The second kappa shape index (κ2) is 8.39. The molecular weight excluding hydrogens is 412 g/mol. The maximum atomic E-state index is 12.5. The first-order valence-electron chi connectivity index (χ1n) is 9.07. The number of hydrogen-bond donors (Lipinski definition) is 1. The van der Waals surface area contributed by atoms with Crippen LogP contribution in [0, 0.1) is 0 Å². The van der Waals surface area contributed by atoms with E-state index in [1.807, 2.05) is 12.1 Å². The monoisotopic (exact) mass is 430 g/mol. The van der Waals surface area contributed by atoms with Gasteiger partial charge in [-0.2, -0.15) is 0 Å². The molecule has 3 aromatic rings. The van der Waals surface area contributed by atoms with Crippen molar-refractivity contribution in [2.45, 2.75) is 18.4 Å². The number of methoxy groups -OCH3 is 1. The summed E-state index contributed by atoms with van der Waals surface area (Å²) in [6.07, 6.45) is 0.809. The number of carbonyl (C=O) groups is 1. The highest BCUT2D eigenvalue weighted by atomic mass is 35.5. The summed E-state index contributed by atoms with van der Waals surface area (Å²) >= 11 is 7.42. The van der Waals surface area contributed by atoms with E-state index in [0.717, 1.165) is 33.7 Å². The third-order valence-electron chi connectivity index (χ3n) is 4.50. The lowest BCUT2D eigenvalue weighted by atomic mass is 10.1. The van der Waals surface area contributed by atoms with Crippen molar-refractivity contribution in [3.63, 3.8) is 0 Å². The van der Waals surface area contributed by atoms with E-state index in [4.69, 9.17) is 30.8 Å². The van der Waals surface area contributed by atoms with Crippen molar-refractivity contribution in [3.05, 3.63) is 47.0 Å². The molecule has 1 N–H and O–H groups in total. The second-order valence-electron chi connectivity index (χ2n) is 6.39.